The third-order valence-corrected chi connectivity index (χ3v) is 17.1. The molecule has 95 heavy (non-hydrogen) atoms. The lowest BCUT2D eigenvalue weighted by atomic mass is 9.71. The standard InChI is InChI=1S/C11H20N2O3.3C8H13NO2.C7H12N2O2.C7H11NO3.C6H11NO2.C5H9NO3.C2H4N4/c1-10(2)7(8(14)15)5-6-11(10,3)13-9(16)12-4;3*1-6(10)8-4-3-5-9(8)7(2)11;1-5(10)9-4-2-3-6(9)7(8)11;1-5(9)8-4-2-3-6(8)7(10)11;1-6(8)7-2-4-9-5-3-7;1-3(5(8)9)6-4(2)7;1-2-3-5-6-4-2/h7H,5-6H2,1-4H3,(H,14,15)(H2,12,13,16);3*8H,3-5H2,1-2H3;6H,2-4H2,1H3,(H2,8,11);6H,2-4H2,1H3,(H,10,11);2-5H2,1H3;3H,1-2H3,(H,6,7)(H,8,9);1H3,(H,3,4,5,6). The van der Waals surface area contributed by atoms with E-state index in [1.165, 1.54) is 58.3 Å². The normalized spacial score (nSPS) is 22.8. The van der Waals surface area contributed by atoms with Crippen LogP contribution in [0.3, 0.4) is 0 Å². The van der Waals surface area contributed by atoms with Gasteiger partial charge in [0.05, 0.1) is 37.3 Å². The minimum Gasteiger partial charge on any atom is -0.481 e. The van der Waals surface area contributed by atoms with E-state index in [9.17, 15) is 71.9 Å². The molecule has 1 aliphatic carbocycles. The van der Waals surface area contributed by atoms with Gasteiger partial charge in [-0.3, -0.25) is 62.3 Å². The zero-order valence-corrected chi connectivity index (χ0v) is 58.4. The molecule has 0 bridgehead atoms. The van der Waals surface area contributed by atoms with Crippen molar-refractivity contribution in [3.63, 3.8) is 0 Å². The number of ketones is 3. The Morgan fingerprint density at radius 3 is 1.09 bits per heavy atom. The van der Waals surface area contributed by atoms with Gasteiger partial charge in [0.2, 0.25) is 47.3 Å². The Morgan fingerprint density at radius 2 is 0.895 bits per heavy atom. The summed E-state index contributed by atoms with van der Waals surface area (Å²) >= 11 is 0. The van der Waals surface area contributed by atoms with Gasteiger partial charge in [0.25, 0.3) is 0 Å². The molecule has 0 spiro atoms. The Bertz CT molecular complexity index is 2420. The summed E-state index contributed by atoms with van der Waals surface area (Å²) in [4.78, 5) is 172. The third kappa shape index (κ3) is 30.2. The number of aryl methyl sites for hydroxylation is 1. The van der Waals surface area contributed by atoms with Crippen LogP contribution in [0, 0.1) is 18.3 Å². The first-order valence-electron chi connectivity index (χ1n) is 31.8. The number of carboxylic acids is 3. The fraction of sp³-hybridized carbons (Fsp3) is 0.742. The van der Waals surface area contributed by atoms with Crippen molar-refractivity contribution in [3.05, 3.63) is 5.82 Å². The van der Waals surface area contributed by atoms with Crippen LogP contribution in [-0.2, 0) is 71.9 Å². The zero-order valence-electron chi connectivity index (χ0n) is 58.4. The number of primary amides is 1. The second kappa shape index (κ2) is 42.7. The maximum absolute atomic E-state index is 11.4. The number of nitrogens with zero attached hydrogens (tertiary/aromatic N) is 9. The quantitative estimate of drug-likeness (QED) is 0.174. The fourth-order valence-corrected chi connectivity index (χ4v) is 11.5. The summed E-state index contributed by atoms with van der Waals surface area (Å²) < 4.78 is 5.06. The lowest BCUT2D eigenvalue weighted by Gasteiger charge is -2.40. The number of hydrogen-bond acceptors (Lipinski definition) is 19. The first-order valence-corrected chi connectivity index (χ1v) is 31.8. The summed E-state index contributed by atoms with van der Waals surface area (Å²) in [7, 11) is 1.55. The summed E-state index contributed by atoms with van der Waals surface area (Å²) in [6.45, 7) is 30.2. The Labute approximate surface area is 556 Å². The monoisotopic (exact) mass is 1350 g/mol. The number of aromatic nitrogens is 4. The Kier molecular flexibility index (Phi) is 38.9. The molecule has 8 unspecified atom stereocenters. The highest BCUT2D eigenvalue weighted by Crippen LogP contribution is 2.50. The van der Waals surface area contributed by atoms with Gasteiger partial charge in [0, 0.05) is 112 Å². The molecule has 7 aliphatic rings. The number of carbonyl (C=O) groups is 15. The Hall–Kier alpha value is -8.52. The van der Waals surface area contributed by atoms with E-state index in [4.69, 9.17) is 25.8 Å². The van der Waals surface area contributed by atoms with Gasteiger partial charge < -0.3 is 71.1 Å². The molecule has 7 fully saturated rings. The molecule has 0 radical (unpaired) electrons. The SMILES string of the molecule is CC(=O)C1CCCN1C(C)=O.CC(=O)C1CCCN1C(C)=O.CC(=O)C1CCCN1C(C)=O.CC(=O)N1CCCC1C(=O)O.CC(=O)N1CCCC1C(N)=O.CC(=O)N1CCOCC1.CC(=O)NC(C)C(=O)O.CNC(=O)NC1(C)CCC(C(=O)O)C1(C)C.Cc1nn[nH]n1. The summed E-state index contributed by atoms with van der Waals surface area (Å²) in [5, 5.41) is 46.3. The number of carbonyl (C=O) groups excluding carboxylic acids is 12. The molecule has 6 saturated heterocycles. The van der Waals surface area contributed by atoms with Gasteiger partial charge in [0.15, 0.2) is 23.2 Å². The second-order valence-electron chi connectivity index (χ2n) is 24.5. The van der Waals surface area contributed by atoms with E-state index in [-0.39, 0.29) is 88.9 Å². The number of nitrogens with one attached hydrogen (secondary N) is 4. The van der Waals surface area contributed by atoms with E-state index in [1.54, 1.807) is 61.3 Å². The number of amides is 10. The predicted molar refractivity (Wildman–Crippen MR) is 344 cm³/mol. The fourth-order valence-electron chi connectivity index (χ4n) is 11.5. The average Bonchev–Trinajstić information content (AvgIpc) is 1.62. The molecule has 1 aromatic heterocycles. The maximum atomic E-state index is 11.4. The number of aromatic amines is 1. The van der Waals surface area contributed by atoms with Gasteiger partial charge in [-0.15, -0.1) is 10.2 Å². The minimum atomic E-state index is -1.02. The number of hydrogen-bond donors (Lipinski definition) is 8. The number of H-pyrrole nitrogens is 1. The average molecular weight is 1350 g/mol. The molecule has 1 aromatic rings. The summed E-state index contributed by atoms with van der Waals surface area (Å²) in [6, 6.07) is -2.38. The van der Waals surface area contributed by atoms with E-state index < -0.39 is 52.8 Å². The molecule has 8 atom stereocenters. The maximum Gasteiger partial charge on any atom is 0.326 e. The van der Waals surface area contributed by atoms with Gasteiger partial charge >= 0.3 is 23.9 Å². The van der Waals surface area contributed by atoms with Crippen LogP contribution in [0.2, 0.25) is 0 Å². The van der Waals surface area contributed by atoms with Crippen molar-refractivity contribution >= 4 is 88.5 Å². The smallest absolute Gasteiger partial charge is 0.326 e. The van der Waals surface area contributed by atoms with Crippen molar-refractivity contribution in [2.75, 3.05) is 66.1 Å². The number of nitrogens with two attached hydrogens (primary N) is 1. The zero-order chi connectivity index (χ0) is 73.2. The Morgan fingerprint density at radius 1 is 0.537 bits per heavy atom. The molecule has 538 valence electrons. The number of urea groups is 1. The molecule has 8 rings (SSSR count). The van der Waals surface area contributed by atoms with Gasteiger partial charge in [-0.2, -0.15) is 5.21 Å². The number of rotatable bonds is 9. The number of carboxylic acid groups (broad SMARTS) is 3. The van der Waals surface area contributed by atoms with E-state index in [0.717, 1.165) is 90.5 Å². The van der Waals surface area contributed by atoms with Gasteiger partial charge in [-0.05, 0) is 119 Å². The molecular formula is C62H106N14O19. The van der Waals surface area contributed by atoms with Crippen LogP contribution in [0.4, 0.5) is 4.79 Å². The number of aliphatic carboxylic acids is 3. The first kappa shape index (κ1) is 86.5. The second-order valence-corrected chi connectivity index (χ2v) is 24.5. The van der Waals surface area contributed by atoms with Gasteiger partial charge in [0.1, 0.15) is 18.1 Å². The van der Waals surface area contributed by atoms with Crippen LogP contribution >= 0.6 is 0 Å². The summed E-state index contributed by atoms with van der Waals surface area (Å²) in [5.41, 5.74) is 4.16. The number of likely N-dealkylation sites (tertiary alicyclic amines) is 5. The van der Waals surface area contributed by atoms with E-state index >= 15 is 0 Å². The summed E-state index contributed by atoms with van der Waals surface area (Å²) in [5.74, 6) is -2.83. The van der Waals surface area contributed by atoms with E-state index in [1.807, 2.05) is 20.8 Å². The van der Waals surface area contributed by atoms with Crippen molar-refractivity contribution in [3.8, 4) is 0 Å². The van der Waals surface area contributed by atoms with E-state index in [2.05, 4.69) is 36.6 Å². The van der Waals surface area contributed by atoms with E-state index in [0.29, 0.717) is 51.4 Å². The highest BCUT2D eigenvalue weighted by Gasteiger charge is 2.55. The molecular weight excluding hydrogens is 1240 g/mol. The lowest BCUT2D eigenvalue weighted by Crippen LogP contribution is -2.57. The summed E-state index contributed by atoms with van der Waals surface area (Å²) in [6.07, 6.45) is 9.69. The van der Waals surface area contributed by atoms with Gasteiger partial charge in [-0.1, -0.05) is 19.1 Å². The molecule has 6 aliphatic heterocycles. The molecule has 0 aromatic carbocycles. The van der Waals surface area contributed by atoms with Crippen LogP contribution in [-0.4, -0.2) is 262 Å². The number of ether oxygens (including phenoxy) is 1. The Balaban J connectivity index is 0.00000106. The molecule has 10 amide bonds. The van der Waals surface area contributed by atoms with Crippen molar-refractivity contribution in [1.29, 1.82) is 0 Å². The van der Waals surface area contributed by atoms with Crippen molar-refractivity contribution < 1.29 is 92.0 Å². The highest BCUT2D eigenvalue weighted by atomic mass is 16.5. The van der Waals surface area contributed by atoms with Crippen molar-refractivity contribution in [1.82, 2.24) is 66.0 Å². The van der Waals surface area contributed by atoms with Crippen LogP contribution in [0.15, 0.2) is 0 Å². The molecule has 9 N–H and O–H groups in total. The largest absolute Gasteiger partial charge is 0.481 e. The molecule has 1 saturated carbocycles. The predicted octanol–water partition coefficient (Wildman–Crippen LogP) is 1.49. The van der Waals surface area contributed by atoms with Gasteiger partial charge in [-0.25, -0.2) is 9.59 Å². The van der Waals surface area contributed by atoms with Crippen LogP contribution < -0.4 is 21.7 Å². The molecule has 33 nitrogen and oxygen atoms in total. The van der Waals surface area contributed by atoms with Crippen molar-refractivity contribution in [2.24, 2.45) is 17.1 Å². The highest BCUT2D eigenvalue weighted by molar-refractivity contribution is 5.89. The lowest BCUT2D eigenvalue weighted by molar-refractivity contribution is -0.147. The topological polar surface area (TPSA) is 462 Å². The third-order valence-electron chi connectivity index (χ3n) is 17.1. The minimum absolute atomic E-state index is 0.0164. The number of morpholine rings is 1. The first-order chi connectivity index (χ1) is 44.1. The number of tetrazole rings is 1. The molecule has 7 heterocycles. The van der Waals surface area contributed by atoms with Crippen molar-refractivity contribution in [2.45, 2.75) is 223 Å². The number of Topliss-reactive ketones (excluding diaryl/α,β-unsaturated/α-hetero) is 3. The van der Waals surface area contributed by atoms with Crippen LogP contribution in [0.1, 0.15) is 180 Å². The van der Waals surface area contributed by atoms with Crippen LogP contribution in [0.5, 0.6) is 0 Å². The van der Waals surface area contributed by atoms with Crippen LogP contribution in [0.25, 0.3) is 0 Å². The molecule has 33 heteroatoms.